The molecule has 1 aromatic heterocycles. The SMILES string of the molecule is CCC1CCC(n2c(C(C)Cl)nc3cc(I)ccc32)C1C. The predicted octanol–water partition coefficient (Wildman–Crippen LogP) is 5.94. The van der Waals surface area contributed by atoms with Crippen LogP contribution in [0.2, 0.25) is 0 Å². The third-order valence-corrected chi connectivity index (χ3v) is 5.94. The van der Waals surface area contributed by atoms with E-state index in [4.69, 9.17) is 16.6 Å². The summed E-state index contributed by atoms with van der Waals surface area (Å²) in [5.74, 6) is 2.55. The first-order chi connectivity index (χ1) is 10.0. The largest absolute Gasteiger partial charge is 0.323 e. The van der Waals surface area contributed by atoms with E-state index in [0.29, 0.717) is 12.0 Å². The molecule has 0 amide bonds. The van der Waals surface area contributed by atoms with Crippen molar-refractivity contribution >= 4 is 45.2 Å². The molecule has 2 aromatic rings. The number of benzene rings is 1. The number of halogens is 2. The van der Waals surface area contributed by atoms with Crippen molar-refractivity contribution < 1.29 is 0 Å². The first-order valence-electron chi connectivity index (χ1n) is 7.84. The van der Waals surface area contributed by atoms with Crippen LogP contribution >= 0.6 is 34.2 Å². The molecule has 1 aromatic carbocycles. The van der Waals surface area contributed by atoms with Gasteiger partial charge in [-0.3, -0.25) is 0 Å². The van der Waals surface area contributed by atoms with Crippen LogP contribution in [0, 0.1) is 15.4 Å². The predicted molar refractivity (Wildman–Crippen MR) is 97.9 cm³/mol. The van der Waals surface area contributed by atoms with Crippen molar-refractivity contribution in [2.24, 2.45) is 11.8 Å². The third-order valence-electron chi connectivity index (χ3n) is 5.07. The number of fused-ring (bicyclic) bond motifs is 1. The molecule has 114 valence electrons. The Hall–Kier alpha value is -0.290. The van der Waals surface area contributed by atoms with E-state index >= 15 is 0 Å². The molecule has 1 saturated carbocycles. The van der Waals surface area contributed by atoms with Crippen molar-refractivity contribution in [2.45, 2.75) is 51.5 Å². The summed E-state index contributed by atoms with van der Waals surface area (Å²) in [4.78, 5) is 4.83. The molecule has 0 radical (unpaired) electrons. The van der Waals surface area contributed by atoms with Crippen LogP contribution in [0.25, 0.3) is 11.0 Å². The van der Waals surface area contributed by atoms with Crippen molar-refractivity contribution in [1.82, 2.24) is 9.55 Å². The van der Waals surface area contributed by atoms with E-state index in [9.17, 15) is 0 Å². The Morgan fingerprint density at radius 3 is 2.81 bits per heavy atom. The number of alkyl halides is 1. The van der Waals surface area contributed by atoms with Crippen molar-refractivity contribution in [3.8, 4) is 0 Å². The number of aromatic nitrogens is 2. The number of rotatable bonds is 3. The van der Waals surface area contributed by atoms with Gasteiger partial charge < -0.3 is 4.57 Å². The van der Waals surface area contributed by atoms with E-state index < -0.39 is 0 Å². The normalized spacial score (nSPS) is 27.4. The van der Waals surface area contributed by atoms with Crippen molar-refractivity contribution in [3.63, 3.8) is 0 Å². The zero-order valence-electron chi connectivity index (χ0n) is 12.8. The minimum absolute atomic E-state index is 0.0528. The Morgan fingerprint density at radius 1 is 1.43 bits per heavy atom. The lowest BCUT2D eigenvalue weighted by Crippen LogP contribution is -2.18. The highest BCUT2D eigenvalue weighted by Gasteiger charge is 2.35. The van der Waals surface area contributed by atoms with E-state index in [-0.39, 0.29) is 5.38 Å². The minimum Gasteiger partial charge on any atom is -0.323 e. The van der Waals surface area contributed by atoms with Crippen LogP contribution in [0.5, 0.6) is 0 Å². The van der Waals surface area contributed by atoms with Gasteiger partial charge in [-0.1, -0.05) is 20.3 Å². The summed E-state index contributed by atoms with van der Waals surface area (Å²) in [6.45, 7) is 6.73. The van der Waals surface area contributed by atoms with Crippen LogP contribution in [0.4, 0.5) is 0 Å². The fourth-order valence-corrected chi connectivity index (χ4v) is 4.51. The molecule has 0 N–H and O–H groups in total. The Labute approximate surface area is 145 Å². The van der Waals surface area contributed by atoms with Gasteiger partial charge in [0.05, 0.1) is 16.4 Å². The first kappa shape index (κ1) is 15.6. The first-order valence-corrected chi connectivity index (χ1v) is 9.35. The second-order valence-electron chi connectivity index (χ2n) is 6.26. The van der Waals surface area contributed by atoms with Gasteiger partial charge in [0.2, 0.25) is 0 Å². The highest BCUT2D eigenvalue weighted by Crippen LogP contribution is 2.44. The molecular weight excluding hydrogens is 395 g/mol. The van der Waals surface area contributed by atoms with E-state index in [1.807, 2.05) is 6.92 Å². The molecule has 0 spiro atoms. The van der Waals surface area contributed by atoms with Crippen LogP contribution in [0.3, 0.4) is 0 Å². The quantitative estimate of drug-likeness (QED) is 0.447. The van der Waals surface area contributed by atoms with Gasteiger partial charge in [0.15, 0.2) is 0 Å². The second-order valence-corrected chi connectivity index (χ2v) is 8.16. The lowest BCUT2D eigenvalue weighted by atomic mass is 9.93. The molecule has 1 aliphatic carbocycles. The summed E-state index contributed by atoms with van der Waals surface area (Å²) in [7, 11) is 0. The number of imidazole rings is 1. The average Bonchev–Trinajstić information content (AvgIpc) is 2.98. The van der Waals surface area contributed by atoms with Gasteiger partial charge in [-0.25, -0.2) is 4.98 Å². The Kier molecular flexibility index (Phi) is 4.51. The molecule has 4 unspecified atom stereocenters. The average molecular weight is 417 g/mol. The Bertz CT molecular complexity index is 650. The highest BCUT2D eigenvalue weighted by molar-refractivity contribution is 14.1. The van der Waals surface area contributed by atoms with Crippen molar-refractivity contribution in [3.05, 3.63) is 27.6 Å². The second kappa shape index (κ2) is 6.07. The van der Waals surface area contributed by atoms with Gasteiger partial charge in [0, 0.05) is 9.61 Å². The lowest BCUT2D eigenvalue weighted by Gasteiger charge is -2.24. The molecule has 21 heavy (non-hydrogen) atoms. The summed E-state index contributed by atoms with van der Waals surface area (Å²) in [5.41, 5.74) is 2.32. The topological polar surface area (TPSA) is 17.8 Å². The van der Waals surface area contributed by atoms with Gasteiger partial charge in [-0.2, -0.15) is 0 Å². The van der Waals surface area contributed by atoms with Crippen molar-refractivity contribution in [2.75, 3.05) is 0 Å². The summed E-state index contributed by atoms with van der Waals surface area (Å²) in [5, 5.41) is -0.0528. The summed E-state index contributed by atoms with van der Waals surface area (Å²) in [6, 6.07) is 7.07. The maximum absolute atomic E-state index is 6.43. The molecule has 1 aliphatic rings. The molecule has 0 aliphatic heterocycles. The van der Waals surface area contributed by atoms with Crippen LogP contribution in [0.1, 0.15) is 57.3 Å². The summed E-state index contributed by atoms with van der Waals surface area (Å²) in [6.07, 6.45) is 3.84. The number of nitrogens with zero attached hydrogens (tertiary/aromatic N) is 2. The van der Waals surface area contributed by atoms with Crippen LogP contribution < -0.4 is 0 Å². The molecule has 4 atom stereocenters. The molecule has 1 fully saturated rings. The third kappa shape index (κ3) is 2.72. The van der Waals surface area contributed by atoms with Gasteiger partial charge >= 0.3 is 0 Å². The van der Waals surface area contributed by atoms with Gasteiger partial charge in [0.25, 0.3) is 0 Å². The number of hydrogen-bond acceptors (Lipinski definition) is 1. The van der Waals surface area contributed by atoms with Crippen LogP contribution in [-0.2, 0) is 0 Å². The van der Waals surface area contributed by atoms with Gasteiger partial charge in [-0.05, 0) is 72.4 Å². The zero-order chi connectivity index (χ0) is 15.1. The van der Waals surface area contributed by atoms with E-state index in [1.165, 1.54) is 28.3 Å². The molecule has 3 rings (SSSR count). The van der Waals surface area contributed by atoms with E-state index in [2.05, 4.69) is 59.2 Å². The molecule has 4 heteroatoms. The Morgan fingerprint density at radius 2 is 2.19 bits per heavy atom. The standard InChI is InChI=1S/C17H22ClIN2/c1-4-12-5-7-15(10(12)2)21-16-8-6-13(19)9-14(16)20-17(21)11(3)18/h6,8-12,15H,4-5,7H2,1-3H3. The van der Waals surface area contributed by atoms with Gasteiger partial charge in [0.1, 0.15) is 5.82 Å². The van der Waals surface area contributed by atoms with Crippen molar-refractivity contribution in [1.29, 1.82) is 0 Å². The zero-order valence-corrected chi connectivity index (χ0v) is 15.7. The van der Waals surface area contributed by atoms with E-state index in [0.717, 1.165) is 17.3 Å². The maximum atomic E-state index is 6.43. The lowest BCUT2D eigenvalue weighted by molar-refractivity contribution is 0.329. The minimum atomic E-state index is -0.0528. The van der Waals surface area contributed by atoms with Crippen LogP contribution in [-0.4, -0.2) is 9.55 Å². The Balaban J connectivity index is 2.14. The van der Waals surface area contributed by atoms with E-state index in [1.54, 1.807) is 0 Å². The summed E-state index contributed by atoms with van der Waals surface area (Å²) >= 11 is 8.78. The molecule has 2 nitrogen and oxygen atoms in total. The number of hydrogen-bond donors (Lipinski definition) is 0. The smallest absolute Gasteiger partial charge is 0.127 e. The molecule has 0 saturated heterocycles. The fourth-order valence-electron chi connectivity index (χ4n) is 3.88. The molecular formula is C17H22ClIN2. The highest BCUT2D eigenvalue weighted by atomic mass is 127. The van der Waals surface area contributed by atoms with Gasteiger partial charge in [-0.15, -0.1) is 11.6 Å². The fraction of sp³-hybridized carbons (Fsp3) is 0.588. The maximum Gasteiger partial charge on any atom is 0.127 e. The molecule has 1 heterocycles. The molecule has 0 bridgehead atoms. The van der Waals surface area contributed by atoms with Crippen LogP contribution in [0.15, 0.2) is 18.2 Å². The monoisotopic (exact) mass is 416 g/mol. The summed E-state index contributed by atoms with van der Waals surface area (Å²) < 4.78 is 3.66.